The van der Waals surface area contributed by atoms with E-state index >= 15 is 0 Å². The van der Waals surface area contributed by atoms with Crippen LogP contribution in [0.1, 0.15) is 29.8 Å². The lowest BCUT2D eigenvalue weighted by Crippen LogP contribution is -2.40. The zero-order valence-electron chi connectivity index (χ0n) is 13.6. The van der Waals surface area contributed by atoms with E-state index in [0.717, 1.165) is 49.0 Å². The van der Waals surface area contributed by atoms with Gasteiger partial charge in [-0.25, -0.2) is 9.97 Å². The highest BCUT2D eigenvalue weighted by Gasteiger charge is 2.34. The first-order valence-corrected chi connectivity index (χ1v) is 8.35. The molecule has 0 amide bonds. The van der Waals surface area contributed by atoms with Gasteiger partial charge in [0.15, 0.2) is 0 Å². The minimum atomic E-state index is 0.0316. The van der Waals surface area contributed by atoms with Crippen molar-refractivity contribution in [1.82, 2.24) is 9.97 Å². The third-order valence-corrected chi connectivity index (χ3v) is 4.73. The molecule has 2 heterocycles. The molecule has 0 spiro atoms. The van der Waals surface area contributed by atoms with Crippen molar-refractivity contribution in [3.8, 4) is 0 Å². The summed E-state index contributed by atoms with van der Waals surface area (Å²) < 4.78 is 5.58. The molecule has 3 rings (SSSR count). The van der Waals surface area contributed by atoms with E-state index in [2.05, 4.69) is 27.4 Å². The van der Waals surface area contributed by atoms with Gasteiger partial charge in [0.1, 0.15) is 0 Å². The van der Waals surface area contributed by atoms with Crippen molar-refractivity contribution in [2.75, 3.05) is 25.1 Å². The first-order chi connectivity index (χ1) is 11.1. The lowest BCUT2D eigenvalue weighted by atomic mass is 9.74. The van der Waals surface area contributed by atoms with E-state index in [1.807, 2.05) is 32.0 Å². The zero-order valence-corrected chi connectivity index (χ0v) is 14.4. The van der Waals surface area contributed by atoms with Gasteiger partial charge in [-0.05, 0) is 50.5 Å². The predicted octanol–water partition coefficient (Wildman–Crippen LogP) is 3.91. The molecule has 1 aliphatic heterocycles. The topological polar surface area (TPSA) is 47.0 Å². The molecule has 1 aliphatic rings. The second kappa shape index (κ2) is 6.85. The molecule has 0 radical (unpaired) electrons. The summed E-state index contributed by atoms with van der Waals surface area (Å²) in [6.45, 7) is 6.32. The Morgan fingerprint density at radius 1 is 1.09 bits per heavy atom. The predicted molar refractivity (Wildman–Crippen MR) is 93.2 cm³/mol. The molecule has 1 aromatic carbocycles. The van der Waals surface area contributed by atoms with Crippen LogP contribution in [0.4, 0.5) is 5.95 Å². The first-order valence-electron chi connectivity index (χ1n) is 7.97. The Morgan fingerprint density at radius 3 is 2.30 bits per heavy atom. The van der Waals surface area contributed by atoms with E-state index < -0.39 is 0 Å². The molecule has 2 aromatic rings. The van der Waals surface area contributed by atoms with Crippen molar-refractivity contribution in [2.24, 2.45) is 0 Å². The van der Waals surface area contributed by atoms with Gasteiger partial charge >= 0.3 is 0 Å². The minimum Gasteiger partial charge on any atom is -0.381 e. The first kappa shape index (κ1) is 16.2. The Kier molecular flexibility index (Phi) is 4.83. The highest BCUT2D eigenvalue weighted by atomic mass is 35.5. The summed E-state index contributed by atoms with van der Waals surface area (Å²) in [6, 6.07) is 10.1. The van der Waals surface area contributed by atoms with Gasteiger partial charge in [0, 0.05) is 41.6 Å². The van der Waals surface area contributed by atoms with Crippen LogP contribution in [0.15, 0.2) is 30.3 Å². The van der Waals surface area contributed by atoms with Crippen molar-refractivity contribution < 1.29 is 4.74 Å². The zero-order chi connectivity index (χ0) is 16.3. The van der Waals surface area contributed by atoms with Gasteiger partial charge in [-0.3, -0.25) is 0 Å². The Bertz CT molecular complexity index is 646. The van der Waals surface area contributed by atoms with Crippen molar-refractivity contribution in [2.45, 2.75) is 32.1 Å². The maximum absolute atomic E-state index is 6.04. The van der Waals surface area contributed by atoms with E-state index in [1.54, 1.807) is 0 Å². The average molecular weight is 332 g/mol. The monoisotopic (exact) mass is 331 g/mol. The Balaban J connectivity index is 1.83. The van der Waals surface area contributed by atoms with Gasteiger partial charge in [0.25, 0.3) is 0 Å². The fourth-order valence-corrected chi connectivity index (χ4v) is 3.31. The second-order valence-electron chi connectivity index (χ2n) is 6.23. The quantitative estimate of drug-likeness (QED) is 0.922. The summed E-state index contributed by atoms with van der Waals surface area (Å²) in [5.41, 5.74) is 3.28. The molecule has 4 nitrogen and oxygen atoms in total. The standard InChI is InChI=1S/C18H22ClN3O/c1-13-11-14(2)22-17(21-13)20-12-18(7-9-23-10-8-18)15-3-5-16(19)6-4-15/h3-6,11H,7-10,12H2,1-2H3,(H,20,21,22). The summed E-state index contributed by atoms with van der Waals surface area (Å²) in [4.78, 5) is 8.97. The van der Waals surface area contributed by atoms with Crippen LogP contribution < -0.4 is 5.32 Å². The second-order valence-corrected chi connectivity index (χ2v) is 6.66. The van der Waals surface area contributed by atoms with E-state index in [9.17, 15) is 0 Å². The third-order valence-electron chi connectivity index (χ3n) is 4.47. The van der Waals surface area contributed by atoms with E-state index in [0.29, 0.717) is 5.95 Å². The number of aromatic nitrogens is 2. The number of hydrogen-bond acceptors (Lipinski definition) is 4. The van der Waals surface area contributed by atoms with Crippen LogP contribution in [0.3, 0.4) is 0 Å². The third kappa shape index (κ3) is 3.82. The molecule has 5 heteroatoms. The van der Waals surface area contributed by atoms with E-state index in [-0.39, 0.29) is 5.41 Å². The fourth-order valence-electron chi connectivity index (χ4n) is 3.19. The van der Waals surface area contributed by atoms with Gasteiger partial charge in [0.2, 0.25) is 5.95 Å². The number of ether oxygens (including phenoxy) is 1. The van der Waals surface area contributed by atoms with Crippen LogP contribution >= 0.6 is 11.6 Å². The molecule has 23 heavy (non-hydrogen) atoms. The molecular formula is C18H22ClN3O. The summed E-state index contributed by atoms with van der Waals surface area (Å²) in [6.07, 6.45) is 1.96. The number of nitrogens with one attached hydrogen (secondary N) is 1. The molecule has 1 N–H and O–H groups in total. The largest absolute Gasteiger partial charge is 0.381 e. The average Bonchev–Trinajstić information content (AvgIpc) is 2.54. The number of anilines is 1. The molecular weight excluding hydrogens is 310 g/mol. The molecule has 1 saturated heterocycles. The van der Waals surface area contributed by atoms with Gasteiger partial charge in [-0.2, -0.15) is 0 Å². The normalized spacial score (nSPS) is 17.0. The summed E-state index contributed by atoms with van der Waals surface area (Å²) >= 11 is 6.04. The minimum absolute atomic E-state index is 0.0316. The van der Waals surface area contributed by atoms with Gasteiger partial charge in [0.05, 0.1) is 0 Å². The van der Waals surface area contributed by atoms with Gasteiger partial charge < -0.3 is 10.1 Å². The summed E-state index contributed by atoms with van der Waals surface area (Å²) in [7, 11) is 0. The Hall–Kier alpha value is -1.65. The maximum atomic E-state index is 6.04. The molecule has 0 bridgehead atoms. The van der Waals surface area contributed by atoms with Crippen LogP contribution in [-0.4, -0.2) is 29.7 Å². The van der Waals surface area contributed by atoms with Crippen LogP contribution in [-0.2, 0) is 10.2 Å². The smallest absolute Gasteiger partial charge is 0.223 e. The number of halogens is 1. The van der Waals surface area contributed by atoms with Gasteiger partial charge in [-0.1, -0.05) is 23.7 Å². The molecule has 0 aliphatic carbocycles. The highest BCUT2D eigenvalue weighted by Crippen LogP contribution is 2.35. The lowest BCUT2D eigenvalue weighted by molar-refractivity contribution is 0.0543. The fraction of sp³-hybridized carbons (Fsp3) is 0.444. The van der Waals surface area contributed by atoms with Crippen LogP contribution in [0.2, 0.25) is 5.02 Å². The molecule has 1 aromatic heterocycles. The Labute approximate surface area is 142 Å². The maximum Gasteiger partial charge on any atom is 0.223 e. The van der Waals surface area contributed by atoms with Crippen LogP contribution in [0, 0.1) is 13.8 Å². The number of aryl methyl sites for hydroxylation is 2. The van der Waals surface area contributed by atoms with Crippen LogP contribution in [0.25, 0.3) is 0 Å². The number of hydrogen-bond donors (Lipinski definition) is 1. The lowest BCUT2D eigenvalue weighted by Gasteiger charge is -2.38. The molecule has 1 fully saturated rings. The molecule has 0 saturated carbocycles. The van der Waals surface area contributed by atoms with Crippen molar-refractivity contribution in [3.05, 3.63) is 52.3 Å². The van der Waals surface area contributed by atoms with Crippen molar-refractivity contribution in [3.63, 3.8) is 0 Å². The summed E-state index contributed by atoms with van der Waals surface area (Å²) in [5, 5.41) is 4.20. The molecule has 0 atom stereocenters. The SMILES string of the molecule is Cc1cc(C)nc(NCC2(c3ccc(Cl)cc3)CCOCC2)n1. The molecule has 0 unspecified atom stereocenters. The van der Waals surface area contributed by atoms with E-state index in [4.69, 9.17) is 16.3 Å². The number of nitrogens with zero attached hydrogens (tertiary/aromatic N) is 2. The Morgan fingerprint density at radius 2 is 1.70 bits per heavy atom. The number of rotatable bonds is 4. The van der Waals surface area contributed by atoms with Crippen LogP contribution in [0.5, 0.6) is 0 Å². The number of benzene rings is 1. The molecule has 122 valence electrons. The van der Waals surface area contributed by atoms with Crippen molar-refractivity contribution in [1.29, 1.82) is 0 Å². The summed E-state index contributed by atoms with van der Waals surface area (Å²) in [5.74, 6) is 0.697. The van der Waals surface area contributed by atoms with Crippen molar-refractivity contribution >= 4 is 17.5 Å². The highest BCUT2D eigenvalue weighted by molar-refractivity contribution is 6.30. The van der Waals surface area contributed by atoms with E-state index in [1.165, 1.54) is 5.56 Å². The van der Waals surface area contributed by atoms with Gasteiger partial charge in [-0.15, -0.1) is 0 Å².